The Hall–Kier alpha value is -2.27. The minimum absolute atomic E-state index is 0.536. The van der Waals surface area contributed by atoms with E-state index in [2.05, 4.69) is 97.7 Å². The van der Waals surface area contributed by atoms with Gasteiger partial charge in [-0.3, -0.25) is 4.68 Å². The molecule has 5 heteroatoms. The van der Waals surface area contributed by atoms with Crippen molar-refractivity contribution in [2.45, 2.75) is 122 Å². The highest BCUT2D eigenvalue weighted by molar-refractivity contribution is 5.67. The molecule has 0 spiro atoms. The van der Waals surface area contributed by atoms with Crippen molar-refractivity contribution in [1.29, 1.82) is 0 Å². The molecule has 0 radical (unpaired) electrons. The van der Waals surface area contributed by atoms with Crippen molar-refractivity contribution < 1.29 is 4.74 Å². The van der Waals surface area contributed by atoms with Crippen molar-refractivity contribution in [3.63, 3.8) is 0 Å². The summed E-state index contributed by atoms with van der Waals surface area (Å²) in [6.45, 7) is 28.9. The summed E-state index contributed by atoms with van der Waals surface area (Å²) in [4.78, 5) is 2.44. The first-order chi connectivity index (χ1) is 19.6. The van der Waals surface area contributed by atoms with E-state index >= 15 is 0 Å². The smallest absolute Gasteiger partial charge is 0.160 e. The fourth-order valence-electron chi connectivity index (χ4n) is 5.36. The second kappa shape index (κ2) is 21.4. The molecule has 0 saturated carbocycles. The first-order valence-corrected chi connectivity index (χ1v) is 16.4. The summed E-state index contributed by atoms with van der Waals surface area (Å²) in [6.07, 6.45) is 13.9. The quantitative estimate of drug-likeness (QED) is 0.189. The van der Waals surface area contributed by atoms with Crippen LogP contribution in [0.5, 0.6) is 0 Å². The van der Waals surface area contributed by atoms with Gasteiger partial charge in [0, 0.05) is 38.5 Å². The Morgan fingerprint density at radius 2 is 1.56 bits per heavy atom. The molecule has 0 bridgehead atoms. The largest absolute Gasteiger partial charge is 0.383 e. The summed E-state index contributed by atoms with van der Waals surface area (Å²) in [5.74, 6) is 3.44. The Bertz CT molecular complexity index is 991. The van der Waals surface area contributed by atoms with Crippen molar-refractivity contribution in [3.8, 4) is 0 Å². The molecule has 236 valence electrons. The second-order valence-corrected chi connectivity index (χ2v) is 11.3. The molecule has 2 rings (SSSR count). The number of fused-ring (bicyclic) bond motifs is 1. The average molecular weight is 571 g/mol. The Balaban J connectivity index is 0.000000902. The molecule has 0 amide bonds. The average Bonchev–Trinajstić information content (AvgIpc) is 3.27. The third kappa shape index (κ3) is 12.6. The van der Waals surface area contributed by atoms with Crippen LogP contribution >= 0.6 is 0 Å². The Labute approximate surface area is 255 Å². The van der Waals surface area contributed by atoms with Gasteiger partial charge in [0.15, 0.2) is 5.82 Å². The number of aryl methyl sites for hydroxylation is 1. The number of allylic oxidation sites excluding steroid dienone is 7. The number of methoxy groups -OCH3 is 1. The topological polar surface area (TPSA) is 42.3 Å². The van der Waals surface area contributed by atoms with Gasteiger partial charge in [-0.2, -0.15) is 5.10 Å². The van der Waals surface area contributed by atoms with E-state index in [0.717, 1.165) is 56.8 Å². The first-order valence-electron chi connectivity index (χ1n) is 16.4. The first kappa shape index (κ1) is 38.7. The molecule has 5 nitrogen and oxygen atoms in total. The molecule has 1 aromatic rings. The van der Waals surface area contributed by atoms with Crippen LogP contribution in [0, 0.1) is 11.8 Å². The van der Waals surface area contributed by atoms with Gasteiger partial charge in [0.05, 0.1) is 6.61 Å². The van der Waals surface area contributed by atoms with Crippen molar-refractivity contribution in [2.75, 3.05) is 37.0 Å². The maximum absolute atomic E-state index is 5.18. The molecule has 0 atom stereocenters. The predicted octanol–water partition coefficient (Wildman–Crippen LogP) is 10.3. The second-order valence-electron chi connectivity index (χ2n) is 11.3. The third-order valence-electron chi connectivity index (χ3n) is 7.11. The van der Waals surface area contributed by atoms with Gasteiger partial charge in [0.2, 0.25) is 0 Å². The maximum atomic E-state index is 5.18. The van der Waals surface area contributed by atoms with Gasteiger partial charge in [-0.25, -0.2) is 0 Å². The number of nitrogens with one attached hydrogen (secondary N) is 1. The molecular weight excluding hydrogens is 504 g/mol. The number of hydrogen-bond acceptors (Lipinski definition) is 4. The van der Waals surface area contributed by atoms with Gasteiger partial charge in [0.1, 0.15) is 5.82 Å². The van der Waals surface area contributed by atoms with Gasteiger partial charge >= 0.3 is 0 Å². The minimum Gasteiger partial charge on any atom is -0.383 e. The van der Waals surface area contributed by atoms with E-state index in [1.165, 1.54) is 28.8 Å². The SMILES string of the molecule is CC.CC/C(C)=C(\C(C)=C/C(C)C)N1CCCc2c1nn(C)c2NCCOC.CC/C=C(CC)\C(=C/C(C)C)CC. The molecule has 0 saturated heterocycles. The van der Waals surface area contributed by atoms with Crippen molar-refractivity contribution >= 4 is 11.6 Å². The van der Waals surface area contributed by atoms with Crippen LogP contribution in [0.25, 0.3) is 0 Å². The van der Waals surface area contributed by atoms with Crippen molar-refractivity contribution in [1.82, 2.24) is 9.78 Å². The number of ether oxygens (including phenoxy) is 1. The van der Waals surface area contributed by atoms with Gasteiger partial charge in [-0.05, 0) is 86.5 Å². The highest BCUT2D eigenvalue weighted by Gasteiger charge is 2.28. The lowest BCUT2D eigenvalue weighted by atomic mass is 9.97. The van der Waals surface area contributed by atoms with Gasteiger partial charge in [-0.15, -0.1) is 0 Å². The van der Waals surface area contributed by atoms with Crippen LogP contribution in [-0.4, -0.2) is 36.6 Å². The molecule has 1 aliphatic rings. The van der Waals surface area contributed by atoms with Gasteiger partial charge in [-0.1, -0.05) is 87.5 Å². The summed E-state index contributed by atoms with van der Waals surface area (Å²) in [7, 11) is 3.76. The Kier molecular flexibility index (Phi) is 20.2. The monoisotopic (exact) mass is 571 g/mol. The summed E-state index contributed by atoms with van der Waals surface area (Å²) < 4.78 is 7.17. The zero-order valence-corrected chi connectivity index (χ0v) is 29.5. The highest BCUT2D eigenvalue weighted by Crippen LogP contribution is 2.37. The van der Waals surface area contributed by atoms with E-state index in [4.69, 9.17) is 9.84 Å². The number of nitrogens with zero attached hydrogens (tertiary/aromatic N) is 3. The molecule has 1 N–H and O–H groups in total. The fourth-order valence-corrected chi connectivity index (χ4v) is 5.36. The van der Waals surface area contributed by atoms with Crippen LogP contribution in [0.15, 0.2) is 46.2 Å². The highest BCUT2D eigenvalue weighted by atomic mass is 16.5. The van der Waals surface area contributed by atoms with E-state index in [0.29, 0.717) is 18.4 Å². The lowest BCUT2D eigenvalue weighted by Gasteiger charge is -2.32. The van der Waals surface area contributed by atoms with E-state index in [1.54, 1.807) is 18.3 Å². The third-order valence-corrected chi connectivity index (χ3v) is 7.11. The molecule has 0 unspecified atom stereocenters. The van der Waals surface area contributed by atoms with Crippen LogP contribution in [0.3, 0.4) is 0 Å². The standard InChI is InChI=1S/C21H36N4O.C13H24.C2H6/c1-8-16(4)19(17(5)14-15(2)3)25-12-9-10-18-20(22-11-13-26-7)24(6)23-21(18)25;1-6-9-12(7-2)13(8-3)10-11(4)5;1-2/h14-15,22H,8-13H2,1-7H3;9-11H,6-8H2,1-5H3;1-2H3/b17-14-,19-16+;12-9-,13-10-;. The molecule has 0 fully saturated rings. The summed E-state index contributed by atoms with van der Waals surface area (Å²) in [6, 6.07) is 0. The molecule has 0 aliphatic carbocycles. The zero-order valence-electron chi connectivity index (χ0n) is 29.5. The number of aromatic nitrogens is 2. The number of hydrogen-bond donors (Lipinski definition) is 1. The van der Waals surface area contributed by atoms with E-state index in [-0.39, 0.29) is 0 Å². The lowest BCUT2D eigenvalue weighted by Crippen LogP contribution is -2.30. The van der Waals surface area contributed by atoms with Crippen LogP contribution in [0.2, 0.25) is 0 Å². The van der Waals surface area contributed by atoms with Crippen LogP contribution in [0.1, 0.15) is 121 Å². The van der Waals surface area contributed by atoms with E-state index < -0.39 is 0 Å². The van der Waals surface area contributed by atoms with Crippen LogP contribution in [-0.2, 0) is 18.2 Å². The number of anilines is 2. The van der Waals surface area contributed by atoms with E-state index in [1.807, 2.05) is 25.6 Å². The lowest BCUT2D eigenvalue weighted by molar-refractivity contribution is 0.210. The summed E-state index contributed by atoms with van der Waals surface area (Å²) in [5, 5.41) is 8.39. The maximum Gasteiger partial charge on any atom is 0.160 e. The molecule has 1 aromatic heterocycles. The van der Waals surface area contributed by atoms with Crippen molar-refractivity contribution in [3.05, 3.63) is 51.8 Å². The molecule has 1 aliphatic heterocycles. The molecule has 0 aromatic carbocycles. The van der Waals surface area contributed by atoms with E-state index in [9.17, 15) is 0 Å². The normalized spacial score (nSPS) is 14.7. The van der Waals surface area contributed by atoms with Gasteiger partial charge in [0.25, 0.3) is 0 Å². The number of rotatable bonds is 13. The molecule has 41 heavy (non-hydrogen) atoms. The molecule has 2 heterocycles. The fraction of sp³-hybridized carbons (Fsp3) is 0.694. The predicted molar refractivity (Wildman–Crippen MR) is 184 cm³/mol. The Morgan fingerprint density at radius 3 is 2.05 bits per heavy atom. The Morgan fingerprint density at radius 1 is 0.951 bits per heavy atom. The summed E-state index contributed by atoms with van der Waals surface area (Å²) in [5.41, 5.74) is 8.54. The summed E-state index contributed by atoms with van der Waals surface area (Å²) >= 11 is 0. The zero-order chi connectivity index (χ0) is 31.5. The van der Waals surface area contributed by atoms with Crippen LogP contribution < -0.4 is 10.2 Å². The molecular formula is C36H66N4O. The van der Waals surface area contributed by atoms with Crippen LogP contribution in [0.4, 0.5) is 11.6 Å². The van der Waals surface area contributed by atoms with Gasteiger partial charge < -0.3 is 15.0 Å². The minimum atomic E-state index is 0.536. The van der Waals surface area contributed by atoms with Crippen molar-refractivity contribution in [2.24, 2.45) is 18.9 Å².